The Hall–Kier alpha value is -3.14. The first kappa shape index (κ1) is 16.7. The van der Waals surface area contributed by atoms with E-state index in [0.717, 1.165) is 27.9 Å². The molecule has 0 aliphatic rings. The third kappa shape index (κ3) is 4.44. The Bertz CT molecular complexity index is 872. The summed E-state index contributed by atoms with van der Waals surface area (Å²) >= 11 is 0. The predicted molar refractivity (Wildman–Crippen MR) is 102 cm³/mol. The van der Waals surface area contributed by atoms with Crippen LogP contribution in [0, 0.1) is 6.92 Å². The Morgan fingerprint density at radius 1 is 1.04 bits per heavy atom. The van der Waals surface area contributed by atoms with Crippen LogP contribution in [0.2, 0.25) is 0 Å². The number of aromatic nitrogens is 1. The Balaban J connectivity index is 1.66. The van der Waals surface area contributed by atoms with E-state index in [0.29, 0.717) is 18.8 Å². The summed E-state index contributed by atoms with van der Waals surface area (Å²) < 4.78 is 0. The first-order valence-electron chi connectivity index (χ1n) is 8.24. The maximum absolute atomic E-state index is 12.4. The smallest absolute Gasteiger partial charge is 0.167 e. The number of Topliss-reactive ketones (excluding diaryl/α,β-unsaturated/α-hetero) is 1. The van der Waals surface area contributed by atoms with Crippen LogP contribution in [0.15, 0.2) is 66.9 Å². The van der Waals surface area contributed by atoms with Crippen molar-refractivity contribution in [2.45, 2.75) is 19.9 Å². The van der Waals surface area contributed by atoms with Crippen molar-refractivity contribution < 1.29 is 4.79 Å². The zero-order chi connectivity index (χ0) is 17.6. The Labute approximate surface area is 147 Å². The average Bonchev–Trinajstić information content (AvgIpc) is 2.62. The second-order valence-electron chi connectivity index (χ2n) is 6.08. The van der Waals surface area contributed by atoms with Gasteiger partial charge in [-0.05, 0) is 30.2 Å². The molecule has 2 aromatic carbocycles. The number of nitrogens with one attached hydrogen (secondary N) is 1. The normalized spacial score (nSPS) is 10.4. The number of nitrogens with zero attached hydrogens (tertiary/aromatic N) is 1. The summed E-state index contributed by atoms with van der Waals surface area (Å²) in [6, 6.07) is 19.5. The molecule has 1 heterocycles. The van der Waals surface area contributed by atoms with Crippen LogP contribution >= 0.6 is 0 Å². The summed E-state index contributed by atoms with van der Waals surface area (Å²) in [4.78, 5) is 16.5. The molecule has 1 aromatic heterocycles. The van der Waals surface area contributed by atoms with Gasteiger partial charge in [-0.25, -0.2) is 4.98 Å². The van der Waals surface area contributed by atoms with Gasteiger partial charge in [0.1, 0.15) is 5.82 Å². The van der Waals surface area contributed by atoms with E-state index in [9.17, 15) is 4.79 Å². The van der Waals surface area contributed by atoms with Gasteiger partial charge < -0.3 is 11.1 Å². The van der Waals surface area contributed by atoms with Crippen molar-refractivity contribution in [3.8, 4) is 0 Å². The number of hydrogen-bond acceptors (Lipinski definition) is 4. The monoisotopic (exact) mass is 331 g/mol. The lowest BCUT2D eigenvalue weighted by Gasteiger charge is -2.09. The van der Waals surface area contributed by atoms with E-state index in [2.05, 4.69) is 10.3 Å². The van der Waals surface area contributed by atoms with E-state index in [4.69, 9.17) is 5.73 Å². The van der Waals surface area contributed by atoms with E-state index < -0.39 is 0 Å². The second-order valence-corrected chi connectivity index (χ2v) is 6.08. The van der Waals surface area contributed by atoms with Crippen LogP contribution in [0.3, 0.4) is 0 Å². The fraction of sp³-hybridized carbons (Fsp3) is 0.143. The topological polar surface area (TPSA) is 68.0 Å². The number of hydrogen-bond donors (Lipinski definition) is 2. The number of rotatable bonds is 6. The second kappa shape index (κ2) is 7.62. The fourth-order valence-corrected chi connectivity index (χ4v) is 2.64. The number of carbonyl (C=O) groups excluding carboxylic acids is 1. The molecule has 0 bridgehead atoms. The maximum Gasteiger partial charge on any atom is 0.167 e. The summed E-state index contributed by atoms with van der Waals surface area (Å²) in [5.41, 5.74) is 10.6. The first-order valence-corrected chi connectivity index (χ1v) is 8.24. The Morgan fingerprint density at radius 2 is 1.80 bits per heavy atom. The molecule has 3 aromatic rings. The van der Waals surface area contributed by atoms with Crippen LogP contribution in [-0.4, -0.2) is 10.8 Å². The zero-order valence-corrected chi connectivity index (χ0v) is 14.2. The third-order valence-electron chi connectivity index (χ3n) is 4.05. The van der Waals surface area contributed by atoms with Crippen LogP contribution in [0.25, 0.3) is 0 Å². The fourth-order valence-electron chi connectivity index (χ4n) is 2.64. The highest BCUT2D eigenvalue weighted by Gasteiger charge is 2.07. The maximum atomic E-state index is 12.4. The zero-order valence-electron chi connectivity index (χ0n) is 14.2. The predicted octanol–water partition coefficient (Wildman–Crippen LogP) is 4.01. The van der Waals surface area contributed by atoms with E-state index in [-0.39, 0.29) is 5.78 Å². The molecule has 0 atom stereocenters. The summed E-state index contributed by atoms with van der Waals surface area (Å²) in [5, 5.41) is 3.28. The molecule has 0 saturated carbocycles. The number of anilines is 2. The van der Waals surface area contributed by atoms with Gasteiger partial charge in [0.15, 0.2) is 5.78 Å². The van der Waals surface area contributed by atoms with Crippen molar-refractivity contribution in [3.05, 3.63) is 89.1 Å². The lowest BCUT2D eigenvalue weighted by atomic mass is 10.0. The van der Waals surface area contributed by atoms with Crippen LogP contribution in [0.4, 0.5) is 11.5 Å². The summed E-state index contributed by atoms with van der Waals surface area (Å²) in [6.07, 6.45) is 2.06. The van der Waals surface area contributed by atoms with E-state index in [1.807, 2.05) is 67.6 Å². The Morgan fingerprint density at radius 3 is 2.56 bits per heavy atom. The molecule has 0 unspecified atom stereocenters. The summed E-state index contributed by atoms with van der Waals surface area (Å²) in [6.45, 7) is 2.64. The van der Waals surface area contributed by atoms with Gasteiger partial charge in [0, 0.05) is 24.7 Å². The minimum absolute atomic E-state index is 0.126. The molecule has 0 amide bonds. The number of nitrogens with two attached hydrogens (primary N) is 1. The number of pyridine rings is 1. The van der Waals surface area contributed by atoms with Crippen molar-refractivity contribution in [2.24, 2.45) is 0 Å². The number of nitrogen functional groups attached to an aromatic ring is 1. The van der Waals surface area contributed by atoms with Crippen molar-refractivity contribution in [2.75, 3.05) is 11.1 Å². The lowest BCUT2D eigenvalue weighted by Crippen LogP contribution is -2.06. The molecule has 3 N–H and O–H groups in total. The lowest BCUT2D eigenvalue weighted by molar-refractivity contribution is 0.0993. The summed E-state index contributed by atoms with van der Waals surface area (Å²) in [5.74, 6) is 0.606. The quantitative estimate of drug-likeness (QED) is 0.670. The standard InChI is InChI=1S/C21H21N3O/c1-15-7-9-18(10-8-15)20(25)13-16-4-2-5-17(12-16)14-24-19-6-3-11-23-21(19)22/h2-12,24H,13-14H2,1H3,(H2,22,23). The van der Waals surface area contributed by atoms with Crippen LogP contribution in [0.5, 0.6) is 0 Å². The number of benzene rings is 2. The third-order valence-corrected chi connectivity index (χ3v) is 4.05. The number of carbonyl (C=O) groups is 1. The molecule has 0 aliphatic carbocycles. The van der Waals surface area contributed by atoms with Crippen LogP contribution in [-0.2, 0) is 13.0 Å². The number of ketones is 1. The van der Waals surface area contributed by atoms with E-state index in [1.165, 1.54) is 0 Å². The van der Waals surface area contributed by atoms with Crippen LogP contribution < -0.4 is 11.1 Å². The molecule has 0 aliphatic heterocycles. The van der Waals surface area contributed by atoms with Gasteiger partial charge in [-0.15, -0.1) is 0 Å². The molecule has 25 heavy (non-hydrogen) atoms. The molecule has 0 fully saturated rings. The molecule has 0 spiro atoms. The van der Waals surface area contributed by atoms with Crippen molar-refractivity contribution in [3.63, 3.8) is 0 Å². The number of aryl methyl sites for hydroxylation is 1. The van der Waals surface area contributed by atoms with Gasteiger partial charge >= 0.3 is 0 Å². The highest BCUT2D eigenvalue weighted by Crippen LogP contribution is 2.16. The minimum atomic E-state index is 0.126. The van der Waals surface area contributed by atoms with Gasteiger partial charge in [-0.1, -0.05) is 54.1 Å². The van der Waals surface area contributed by atoms with Gasteiger partial charge in [-0.3, -0.25) is 4.79 Å². The molecule has 4 nitrogen and oxygen atoms in total. The van der Waals surface area contributed by atoms with Gasteiger partial charge in [0.05, 0.1) is 5.69 Å². The van der Waals surface area contributed by atoms with Gasteiger partial charge in [-0.2, -0.15) is 0 Å². The molecule has 4 heteroatoms. The average molecular weight is 331 g/mol. The molecule has 0 radical (unpaired) electrons. The van der Waals surface area contributed by atoms with Crippen molar-refractivity contribution >= 4 is 17.3 Å². The SMILES string of the molecule is Cc1ccc(C(=O)Cc2cccc(CNc3cccnc3N)c2)cc1. The molecule has 0 saturated heterocycles. The minimum Gasteiger partial charge on any atom is -0.382 e. The van der Waals surface area contributed by atoms with Crippen molar-refractivity contribution in [1.29, 1.82) is 0 Å². The molecular formula is C21H21N3O. The van der Waals surface area contributed by atoms with Crippen molar-refractivity contribution in [1.82, 2.24) is 4.98 Å². The molecular weight excluding hydrogens is 310 g/mol. The largest absolute Gasteiger partial charge is 0.382 e. The highest BCUT2D eigenvalue weighted by atomic mass is 16.1. The van der Waals surface area contributed by atoms with Crippen LogP contribution in [0.1, 0.15) is 27.0 Å². The van der Waals surface area contributed by atoms with Gasteiger partial charge in [0.25, 0.3) is 0 Å². The van der Waals surface area contributed by atoms with Gasteiger partial charge in [0.2, 0.25) is 0 Å². The van der Waals surface area contributed by atoms with E-state index in [1.54, 1.807) is 6.20 Å². The molecule has 3 rings (SSSR count). The molecule has 126 valence electrons. The summed E-state index contributed by atoms with van der Waals surface area (Å²) in [7, 11) is 0. The highest BCUT2D eigenvalue weighted by molar-refractivity contribution is 5.97. The first-order chi connectivity index (χ1) is 12.1. The Kier molecular flexibility index (Phi) is 5.09. The van der Waals surface area contributed by atoms with E-state index >= 15 is 0 Å².